The minimum absolute atomic E-state index is 0.0875. The van der Waals surface area contributed by atoms with Crippen LogP contribution in [0.3, 0.4) is 0 Å². The average Bonchev–Trinajstić information content (AvgIpc) is 2.52. The summed E-state index contributed by atoms with van der Waals surface area (Å²) in [5, 5.41) is 17.6. The molecule has 0 aliphatic heterocycles. The summed E-state index contributed by atoms with van der Waals surface area (Å²) in [7, 11) is 0. The van der Waals surface area contributed by atoms with Crippen LogP contribution in [0.2, 0.25) is 0 Å². The Morgan fingerprint density at radius 3 is 2.18 bits per heavy atom. The van der Waals surface area contributed by atoms with Gasteiger partial charge in [0.15, 0.2) is 0 Å². The van der Waals surface area contributed by atoms with Crippen LogP contribution in [0.5, 0.6) is 5.75 Å². The van der Waals surface area contributed by atoms with Gasteiger partial charge in [0, 0.05) is 0 Å². The number of nitriles is 2. The maximum absolute atomic E-state index is 8.82. The molecule has 0 N–H and O–H groups in total. The molecule has 0 spiro atoms. The van der Waals surface area contributed by atoms with Crippen LogP contribution in [-0.4, -0.2) is 0 Å². The van der Waals surface area contributed by atoms with Crippen molar-refractivity contribution in [3.8, 4) is 17.9 Å². The van der Waals surface area contributed by atoms with Gasteiger partial charge in [-0.1, -0.05) is 30.3 Å². The predicted molar refractivity (Wildman–Crippen MR) is 102 cm³/mol. The molecule has 0 fully saturated rings. The van der Waals surface area contributed by atoms with E-state index in [1.165, 1.54) is 0 Å². The van der Waals surface area contributed by atoms with Crippen molar-refractivity contribution in [2.45, 2.75) is 6.61 Å². The Bertz CT molecular complexity index is 748. The molecule has 0 bridgehead atoms. The normalized spacial score (nSPS) is 9.45. The Morgan fingerprint density at radius 2 is 1.64 bits per heavy atom. The van der Waals surface area contributed by atoms with Gasteiger partial charge in [-0.15, -0.1) is 0 Å². The summed E-state index contributed by atoms with van der Waals surface area (Å²) in [5.41, 5.74) is 2.01. The largest absolute Gasteiger partial charge is 0.487 e. The fourth-order valence-electron chi connectivity index (χ4n) is 1.79. The average molecular weight is 512 g/mol. The summed E-state index contributed by atoms with van der Waals surface area (Å²) < 4.78 is 7.79. The molecule has 2 aromatic rings. The maximum Gasteiger partial charge on any atom is 0.146 e. The van der Waals surface area contributed by atoms with Crippen LogP contribution >= 0.6 is 45.2 Å². The van der Waals surface area contributed by atoms with Gasteiger partial charge in [-0.3, -0.25) is 0 Å². The van der Waals surface area contributed by atoms with Crippen LogP contribution in [0.4, 0.5) is 0 Å². The molecule has 0 aliphatic carbocycles. The fourth-order valence-corrected chi connectivity index (χ4v) is 3.91. The zero-order valence-corrected chi connectivity index (χ0v) is 15.7. The van der Waals surface area contributed by atoms with Gasteiger partial charge in [0.2, 0.25) is 0 Å². The van der Waals surface area contributed by atoms with E-state index in [0.717, 1.165) is 24.0 Å². The minimum Gasteiger partial charge on any atom is -0.487 e. The van der Waals surface area contributed by atoms with Crippen molar-refractivity contribution in [1.29, 1.82) is 10.5 Å². The van der Waals surface area contributed by atoms with E-state index in [2.05, 4.69) is 45.2 Å². The highest BCUT2D eigenvalue weighted by Gasteiger charge is 2.09. The van der Waals surface area contributed by atoms with Crippen molar-refractivity contribution < 1.29 is 4.74 Å². The van der Waals surface area contributed by atoms with Gasteiger partial charge >= 0.3 is 0 Å². The zero-order chi connectivity index (χ0) is 15.9. The van der Waals surface area contributed by atoms with Gasteiger partial charge in [-0.05, 0) is 74.5 Å². The molecular weight excluding hydrogens is 502 g/mol. The van der Waals surface area contributed by atoms with Crippen molar-refractivity contribution in [3.05, 3.63) is 66.3 Å². The second kappa shape index (κ2) is 8.16. The van der Waals surface area contributed by atoms with Gasteiger partial charge in [0.05, 0.1) is 7.14 Å². The lowest BCUT2D eigenvalue weighted by Gasteiger charge is -2.11. The summed E-state index contributed by atoms with van der Waals surface area (Å²) >= 11 is 4.40. The molecule has 108 valence electrons. The quantitative estimate of drug-likeness (QED) is 0.433. The first-order valence-corrected chi connectivity index (χ1v) is 8.47. The third-order valence-corrected chi connectivity index (χ3v) is 4.40. The van der Waals surface area contributed by atoms with Crippen molar-refractivity contribution in [3.63, 3.8) is 0 Å². The van der Waals surface area contributed by atoms with Crippen molar-refractivity contribution >= 4 is 51.3 Å². The van der Waals surface area contributed by atoms with E-state index >= 15 is 0 Å². The van der Waals surface area contributed by atoms with Crippen molar-refractivity contribution in [1.82, 2.24) is 0 Å². The third-order valence-electron chi connectivity index (χ3n) is 2.80. The molecule has 2 aromatic carbocycles. The minimum atomic E-state index is 0.0875. The van der Waals surface area contributed by atoms with Crippen LogP contribution in [0.15, 0.2) is 48.0 Å². The first-order valence-electron chi connectivity index (χ1n) is 6.31. The summed E-state index contributed by atoms with van der Waals surface area (Å²) in [6.45, 7) is 0.504. The number of nitrogens with zero attached hydrogens (tertiary/aromatic N) is 2. The molecule has 0 aromatic heterocycles. The van der Waals surface area contributed by atoms with E-state index in [1.807, 2.05) is 54.6 Å². The van der Waals surface area contributed by atoms with Crippen LogP contribution in [0.1, 0.15) is 11.1 Å². The predicted octanol–water partition coefficient (Wildman–Crippen LogP) is 4.91. The fraction of sp³-hybridized carbons (Fsp3) is 0.0588. The van der Waals surface area contributed by atoms with E-state index in [-0.39, 0.29) is 5.57 Å². The van der Waals surface area contributed by atoms with Gasteiger partial charge in [-0.25, -0.2) is 0 Å². The number of hydrogen-bond donors (Lipinski definition) is 0. The van der Waals surface area contributed by atoms with Crippen LogP contribution in [0, 0.1) is 29.8 Å². The first-order chi connectivity index (χ1) is 10.6. The van der Waals surface area contributed by atoms with Crippen LogP contribution in [0.25, 0.3) is 6.08 Å². The Balaban J connectivity index is 2.23. The summed E-state index contributed by atoms with van der Waals surface area (Å²) in [5.74, 6) is 0.817. The molecule has 0 atom stereocenters. The molecule has 22 heavy (non-hydrogen) atoms. The molecular formula is C17H10I2N2O. The molecule has 0 heterocycles. The summed E-state index contributed by atoms with van der Waals surface area (Å²) in [4.78, 5) is 0. The van der Waals surface area contributed by atoms with Crippen LogP contribution in [-0.2, 0) is 6.61 Å². The van der Waals surface area contributed by atoms with E-state index in [0.29, 0.717) is 6.61 Å². The lowest BCUT2D eigenvalue weighted by atomic mass is 10.1. The highest BCUT2D eigenvalue weighted by atomic mass is 127. The lowest BCUT2D eigenvalue weighted by Crippen LogP contribution is -1.99. The number of rotatable bonds is 4. The standard InChI is InChI=1S/C17H10I2N2O/c18-15-7-13(6-14(9-20)10-21)8-16(19)17(15)22-11-12-4-2-1-3-5-12/h1-8H,11H2. The lowest BCUT2D eigenvalue weighted by molar-refractivity contribution is 0.302. The second-order valence-electron chi connectivity index (χ2n) is 4.37. The van der Waals surface area contributed by atoms with E-state index in [4.69, 9.17) is 15.3 Å². The Labute approximate surface area is 156 Å². The summed E-state index contributed by atoms with van der Waals surface area (Å²) in [6.07, 6.45) is 1.57. The SMILES string of the molecule is N#CC(C#N)=Cc1cc(I)c(OCc2ccccc2)c(I)c1. The first kappa shape index (κ1) is 16.8. The molecule has 3 nitrogen and oxygen atoms in total. The van der Waals surface area contributed by atoms with E-state index in [9.17, 15) is 0 Å². The monoisotopic (exact) mass is 512 g/mol. The molecule has 0 saturated heterocycles. The van der Waals surface area contributed by atoms with Crippen LogP contribution < -0.4 is 4.74 Å². The smallest absolute Gasteiger partial charge is 0.146 e. The van der Waals surface area contributed by atoms with Gasteiger partial charge in [-0.2, -0.15) is 10.5 Å². The highest BCUT2D eigenvalue weighted by Crippen LogP contribution is 2.30. The number of hydrogen-bond acceptors (Lipinski definition) is 3. The number of halogens is 2. The van der Waals surface area contributed by atoms with Gasteiger partial charge < -0.3 is 4.74 Å². The molecule has 0 radical (unpaired) electrons. The van der Waals surface area contributed by atoms with Gasteiger partial charge in [0.1, 0.15) is 30.1 Å². The molecule has 0 aliphatic rings. The molecule has 2 rings (SSSR count). The second-order valence-corrected chi connectivity index (χ2v) is 6.69. The van der Waals surface area contributed by atoms with Crippen molar-refractivity contribution in [2.24, 2.45) is 0 Å². The molecule has 5 heteroatoms. The Hall–Kier alpha value is -1.58. The molecule has 0 unspecified atom stereocenters. The number of ether oxygens (including phenoxy) is 1. The van der Waals surface area contributed by atoms with E-state index in [1.54, 1.807) is 6.08 Å². The Kier molecular flexibility index (Phi) is 6.22. The topological polar surface area (TPSA) is 56.8 Å². The Morgan fingerprint density at radius 1 is 1.05 bits per heavy atom. The number of allylic oxidation sites excluding steroid dienone is 1. The van der Waals surface area contributed by atoms with Gasteiger partial charge in [0.25, 0.3) is 0 Å². The molecule has 0 amide bonds. The van der Waals surface area contributed by atoms with Crippen molar-refractivity contribution in [2.75, 3.05) is 0 Å². The summed E-state index contributed by atoms with van der Waals surface area (Å²) in [6, 6.07) is 17.5. The maximum atomic E-state index is 8.82. The van der Waals surface area contributed by atoms with E-state index < -0.39 is 0 Å². The molecule has 0 saturated carbocycles. The zero-order valence-electron chi connectivity index (χ0n) is 11.4. The third kappa shape index (κ3) is 4.46. The highest BCUT2D eigenvalue weighted by molar-refractivity contribution is 14.1. The number of benzene rings is 2.